The molecule has 0 amide bonds. The fraction of sp³-hybridized carbons (Fsp3) is 0.412. The maximum absolute atomic E-state index is 6.23. The van der Waals surface area contributed by atoms with Crippen LogP contribution in [0.15, 0.2) is 42.6 Å². The second-order valence-electron chi connectivity index (χ2n) is 5.46. The lowest BCUT2D eigenvalue weighted by Crippen LogP contribution is -2.20. The highest BCUT2D eigenvalue weighted by Gasteiger charge is 2.23. The molecular weight excluding hydrogens is 232 g/mol. The van der Waals surface area contributed by atoms with Gasteiger partial charge in [0, 0.05) is 17.9 Å². The van der Waals surface area contributed by atoms with Gasteiger partial charge in [-0.2, -0.15) is 0 Å². The van der Waals surface area contributed by atoms with E-state index in [0.717, 1.165) is 12.8 Å². The molecule has 19 heavy (non-hydrogen) atoms. The van der Waals surface area contributed by atoms with Gasteiger partial charge in [0.25, 0.3) is 0 Å². The summed E-state index contributed by atoms with van der Waals surface area (Å²) < 4.78 is 2.45. The molecular formula is C17H22N2. The van der Waals surface area contributed by atoms with Crippen molar-refractivity contribution in [3.8, 4) is 0 Å². The summed E-state index contributed by atoms with van der Waals surface area (Å²) >= 11 is 0. The van der Waals surface area contributed by atoms with Gasteiger partial charge >= 0.3 is 0 Å². The molecule has 2 atom stereocenters. The molecule has 2 heteroatoms. The number of nitrogens with zero attached hydrogens (tertiary/aromatic N) is 1. The molecule has 0 saturated heterocycles. The molecule has 0 saturated carbocycles. The zero-order valence-corrected chi connectivity index (χ0v) is 11.5. The predicted octanol–water partition coefficient (Wildman–Crippen LogP) is 3.82. The Hall–Kier alpha value is -1.54. The SMILES string of the molecule is CCC(c1ccccc1)n1ccc2c1CCCC2N. The standard InChI is InChI=1S/C17H22N2/c1-2-16(13-7-4-3-5-8-13)19-12-11-14-15(18)9-6-10-17(14)19/h3-5,7-8,11-12,15-16H,2,6,9-10,18H2,1H3. The molecule has 2 aromatic rings. The van der Waals surface area contributed by atoms with Crippen molar-refractivity contribution in [2.45, 2.75) is 44.7 Å². The van der Waals surface area contributed by atoms with E-state index in [0.29, 0.717) is 6.04 Å². The number of aromatic nitrogens is 1. The number of hydrogen-bond donors (Lipinski definition) is 1. The van der Waals surface area contributed by atoms with Crippen molar-refractivity contribution < 1.29 is 0 Å². The van der Waals surface area contributed by atoms with Gasteiger partial charge in [-0.25, -0.2) is 0 Å². The first-order valence-electron chi connectivity index (χ1n) is 7.31. The summed E-state index contributed by atoms with van der Waals surface area (Å²) in [4.78, 5) is 0. The number of benzene rings is 1. The van der Waals surface area contributed by atoms with Gasteiger partial charge in [-0.3, -0.25) is 0 Å². The minimum atomic E-state index is 0.235. The third-order valence-corrected chi connectivity index (χ3v) is 4.29. The lowest BCUT2D eigenvalue weighted by atomic mass is 9.93. The van der Waals surface area contributed by atoms with Crippen molar-refractivity contribution in [1.82, 2.24) is 4.57 Å². The van der Waals surface area contributed by atoms with Crippen LogP contribution in [0.25, 0.3) is 0 Å². The van der Waals surface area contributed by atoms with Crippen molar-refractivity contribution in [3.05, 3.63) is 59.4 Å². The molecule has 1 aromatic carbocycles. The Morgan fingerprint density at radius 2 is 2.05 bits per heavy atom. The van der Waals surface area contributed by atoms with E-state index in [-0.39, 0.29) is 6.04 Å². The van der Waals surface area contributed by atoms with Crippen LogP contribution < -0.4 is 5.73 Å². The van der Waals surface area contributed by atoms with E-state index in [1.807, 2.05) is 0 Å². The highest BCUT2D eigenvalue weighted by molar-refractivity contribution is 5.31. The van der Waals surface area contributed by atoms with Crippen molar-refractivity contribution in [2.24, 2.45) is 5.73 Å². The first kappa shape index (κ1) is 12.5. The van der Waals surface area contributed by atoms with Gasteiger partial charge in [-0.05, 0) is 42.9 Å². The highest BCUT2D eigenvalue weighted by atomic mass is 15.0. The monoisotopic (exact) mass is 254 g/mol. The Labute approximate surface area is 115 Å². The van der Waals surface area contributed by atoms with Crippen molar-refractivity contribution in [1.29, 1.82) is 0 Å². The smallest absolute Gasteiger partial charge is 0.0580 e. The molecule has 100 valence electrons. The minimum Gasteiger partial charge on any atom is -0.344 e. The molecule has 0 bridgehead atoms. The van der Waals surface area contributed by atoms with E-state index in [2.05, 4.69) is 54.1 Å². The summed E-state index contributed by atoms with van der Waals surface area (Å²) in [6.07, 6.45) is 6.85. The van der Waals surface area contributed by atoms with Crippen LogP contribution in [-0.4, -0.2) is 4.57 Å². The third kappa shape index (κ3) is 2.21. The van der Waals surface area contributed by atoms with Crippen LogP contribution in [0.5, 0.6) is 0 Å². The maximum atomic E-state index is 6.23. The lowest BCUT2D eigenvalue weighted by molar-refractivity contribution is 0.502. The molecule has 0 spiro atoms. The zero-order chi connectivity index (χ0) is 13.2. The van der Waals surface area contributed by atoms with Crippen LogP contribution in [-0.2, 0) is 6.42 Å². The van der Waals surface area contributed by atoms with Crippen LogP contribution in [0.4, 0.5) is 0 Å². The van der Waals surface area contributed by atoms with Gasteiger partial charge in [0.1, 0.15) is 0 Å². The molecule has 2 nitrogen and oxygen atoms in total. The molecule has 0 fully saturated rings. The Morgan fingerprint density at radius 1 is 1.26 bits per heavy atom. The molecule has 1 heterocycles. The first-order valence-corrected chi connectivity index (χ1v) is 7.31. The molecule has 2 N–H and O–H groups in total. The molecule has 2 unspecified atom stereocenters. The third-order valence-electron chi connectivity index (χ3n) is 4.29. The summed E-state index contributed by atoms with van der Waals surface area (Å²) in [5, 5.41) is 0. The summed E-state index contributed by atoms with van der Waals surface area (Å²) in [5.74, 6) is 0. The summed E-state index contributed by atoms with van der Waals surface area (Å²) in [6.45, 7) is 2.26. The van der Waals surface area contributed by atoms with E-state index >= 15 is 0 Å². The Balaban J connectivity index is 2.01. The predicted molar refractivity (Wildman–Crippen MR) is 79.2 cm³/mol. The first-order chi connectivity index (χ1) is 9.31. The van der Waals surface area contributed by atoms with E-state index in [4.69, 9.17) is 5.73 Å². The molecule has 0 radical (unpaired) electrons. The van der Waals surface area contributed by atoms with Gasteiger partial charge < -0.3 is 10.3 Å². The van der Waals surface area contributed by atoms with Crippen LogP contribution >= 0.6 is 0 Å². The van der Waals surface area contributed by atoms with Crippen LogP contribution in [0, 0.1) is 0 Å². The fourth-order valence-electron chi connectivity index (χ4n) is 3.31. The quantitative estimate of drug-likeness (QED) is 0.886. The van der Waals surface area contributed by atoms with Gasteiger partial charge in [0.15, 0.2) is 0 Å². The van der Waals surface area contributed by atoms with E-state index < -0.39 is 0 Å². The van der Waals surface area contributed by atoms with Crippen molar-refractivity contribution in [2.75, 3.05) is 0 Å². The summed E-state index contributed by atoms with van der Waals surface area (Å²) in [5.41, 5.74) is 10.4. The highest BCUT2D eigenvalue weighted by Crippen LogP contribution is 2.33. The van der Waals surface area contributed by atoms with Crippen molar-refractivity contribution >= 4 is 0 Å². The molecule has 0 aliphatic heterocycles. The zero-order valence-electron chi connectivity index (χ0n) is 11.5. The minimum absolute atomic E-state index is 0.235. The van der Waals surface area contributed by atoms with Crippen LogP contribution in [0.3, 0.4) is 0 Å². The average molecular weight is 254 g/mol. The van der Waals surface area contributed by atoms with Gasteiger partial charge in [-0.15, -0.1) is 0 Å². The van der Waals surface area contributed by atoms with Gasteiger partial charge in [0.05, 0.1) is 6.04 Å². The Morgan fingerprint density at radius 3 is 2.79 bits per heavy atom. The fourth-order valence-corrected chi connectivity index (χ4v) is 3.31. The normalized spacial score (nSPS) is 20.0. The molecule has 3 rings (SSSR count). The number of rotatable bonds is 3. The number of hydrogen-bond acceptors (Lipinski definition) is 1. The van der Waals surface area contributed by atoms with Gasteiger partial charge in [0.2, 0.25) is 0 Å². The summed E-state index contributed by atoms with van der Waals surface area (Å²) in [7, 11) is 0. The molecule has 1 aliphatic rings. The van der Waals surface area contributed by atoms with Gasteiger partial charge in [-0.1, -0.05) is 37.3 Å². The maximum Gasteiger partial charge on any atom is 0.0580 e. The molecule has 1 aliphatic carbocycles. The number of fused-ring (bicyclic) bond motifs is 1. The topological polar surface area (TPSA) is 30.9 Å². The second-order valence-corrected chi connectivity index (χ2v) is 5.46. The van der Waals surface area contributed by atoms with Crippen LogP contribution in [0.2, 0.25) is 0 Å². The summed E-state index contributed by atoms with van der Waals surface area (Å²) in [6, 6.07) is 13.7. The lowest BCUT2D eigenvalue weighted by Gasteiger charge is -2.25. The van der Waals surface area contributed by atoms with E-state index in [1.165, 1.54) is 29.7 Å². The van der Waals surface area contributed by atoms with E-state index in [1.54, 1.807) is 0 Å². The second kappa shape index (κ2) is 5.22. The van der Waals surface area contributed by atoms with Crippen molar-refractivity contribution in [3.63, 3.8) is 0 Å². The average Bonchev–Trinajstić information content (AvgIpc) is 2.87. The number of nitrogens with two attached hydrogens (primary N) is 1. The largest absolute Gasteiger partial charge is 0.344 e. The van der Waals surface area contributed by atoms with E-state index in [9.17, 15) is 0 Å². The Kier molecular flexibility index (Phi) is 3.43. The Bertz CT molecular complexity index is 542. The van der Waals surface area contributed by atoms with Crippen LogP contribution in [0.1, 0.15) is 55.1 Å². The molecule has 1 aromatic heterocycles.